The Morgan fingerprint density at radius 2 is 1.89 bits per heavy atom. The zero-order valence-corrected chi connectivity index (χ0v) is 17.1. The molecule has 3 rings (SSSR count). The van der Waals surface area contributed by atoms with Crippen molar-refractivity contribution < 1.29 is 13.2 Å². The number of rotatable bonds is 7. The number of imidazole rings is 1. The number of carbonyl (C=O) groups excluding carboxylic acids is 1. The molecule has 0 unspecified atom stereocenters. The molecule has 148 valence electrons. The number of benzene rings is 1. The highest BCUT2D eigenvalue weighted by atomic mass is 32.2. The SMILES string of the molecule is CCN(C(=O)c1ccc(-n2cnc3ccccc32)nc1)[C@H](C)CS(=O)(=O)CC. The third-order valence-corrected chi connectivity index (χ3v) is 6.63. The van der Waals surface area contributed by atoms with E-state index in [0.29, 0.717) is 17.9 Å². The maximum Gasteiger partial charge on any atom is 0.255 e. The van der Waals surface area contributed by atoms with Gasteiger partial charge in [-0.25, -0.2) is 18.4 Å². The van der Waals surface area contributed by atoms with Crippen LogP contribution in [0.2, 0.25) is 0 Å². The number of hydrogen-bond acceptors (Lipinski definition) is 5. The molecule has 1 atom stereocenters. The molecule has 8 heteroatoms. The Balaban J connectivity index is 1.82. The number of hydrogen-bond donors (Lipinski definition) is 0. The fourth-order valence-corrected chi connectivity index (χ4v) is 4.34. The first-order valence-corrected chi connectivity index (χ1v) is 11.1. The van der Waals surface area contributed by atoms with E-state index in [2.05, 4.69) is 9.97 Å². The first-order chi connectivity index (χ1) is 13.4. The van der Waals surface area contributed by atoms with Gasteiger partial charge in [-0.15, -0.1) is 0 Å². The van der Waals surface area contributed by atoms with E-state index < -0.39 is 15.9 Å². The van der Waals surface area contributed by atoms with Crippen molar-refractivity contribution in [2.24, 2.45) is 0 Å². The van der Waals surface area contributed by atoms with Gasteiger partial charge in [0, 0.05) is 24.5 Å². The summed E-state index contributed by atoms with van der Waals surface area (Å²) in [6.45, 7) is 5.64. The van der Waals surface area contributed by atoms with Crippen LogP contribution >= 0.6 is 0 Å². The number of amides is 1. The molecule has 0 saturated heterocycles. The molecule has 3 aromatic rings. The molecule has 0 aliphatic heterocycles. The fraction of sp³-hybridized carbons (Fsp3) is 0.350. The molecule has 1 amide bonds. The van der Waals surface area contributed by atoms with Gasteiger partial charge in [0.05, 0.1) is 22.3 Å². The van der Waals surface area contributed by atoms with Crippen molar-refractivity contribution >= 4 is 26.8 Å². The van der Waals surface area contributed by atoms with E-state index in [0.717, 1.165) is 11.0 Å². The molecule has 2 heterocycles. The van der Waals surface area contributed by atoms with E-state index in [1.165, 1.54) is 6.20 Å². The first kappa shape index (κ1) is 20.0. The van der Waals surface area contributed by atoms with Crippen LogP contribution in [0.4, 0.5) is 0 Å². The summed E-state index contributed by atoms with van der Waals surface area (Å²) in [6.07, 6.45) is 3.22. The van der Waals surface area contributed by atoms with Crippen molar-refractivity contribution in [1.29, 1.82) is 0 Å². The quantitative estimate of drug-likeness (QED) is 0.609. The van der Waals surface area contributed by atoms with Crippen LogP contribution < -0.4 is 0 Å². The summed E-state index contributed by atoms with van der Waals surface area (Å²) in [5, 5.41) is 0. The van der Waals surface area contributed by atoms with E-state index in [-0.39, 0.29) is 17.4 Å². The molecular formula is C20H24N4O3S. The van der Waals surface area contributed by atoms with Crippen molar-refractivity contribution in [1.82, 2.24) is 19.4 Å². The highest BCUT2D eigenvalue weighted by Gasteiger charge is 2.24. The second-order valence-electron chi connectivity index (χ2n) is 6.65. The monoisotopic (exact) mass is 400 g/mol. The second kappa shape index (κ2) is 8.10. The molecule has 0 N–H and O–H groups in total. The Morgan fingerprint density at radius 1 is 1.14 bits per heavy atom. The van der Waals surface area contributed by atoms with Gasteiger partial charge in [-0.1, -0.05) is 19.1 Å². The minimum atomic E-state index is -3.17. The van der Waals surface area contributed by atoms with Gasteiger partial charge in [0.15, 0.2) is 9.84 Å². The molecule has 0 radical (unpaired) electrons. The second-order valence-corrected chi connectivity index (χ2v) is 9.05. The number of fused-ring (bicyclic) bond motifs is 1. The lowest BCUT2D eigenvalue weighted by atomic mass is 10.2. The van der Waals surface area contributed by atoms with Crippen molar-refractivity contribution in [2.45, 2.75) is 26.8 Å². The molecule has 0 bridgehead atoms. The van der Waals surface area contributed by atoms with Crippen molar-refractivity contribution in [3.8, 4) is 5.82 Å². The molecular weight excluding hydrogens is 376 g/mol. The summed E-state index contributed by atoms with van der Waals surface area (Å²) in [6, 6.07) is 10.8. The molecule has 1 aromatic carbocycles. The number of para-hydroxylation sites is 2. The zero-order valence-electron chi connectivity index (χ0n) is 16.2. The molecule has 0 fully saturated rings. The number of aromatic nitrogens is 3. The Hall–Kier alpha value is -2.74. The van der Waals surface area contributed by atoms with Crippen LogP contribution in [0.3, 0.4) is 0 Å². The molecule has 0 spiro atoms. The summed E-state index contributed by atoms with van der Waals surface area (Å²) in [7, 11) is -3.17. The lowest BCUT2D eigenvalue weighted by Crippen LogP contribution is -2.42. The predicted octanol–water partition coefficient (Wildman–Crippen LogP) is 2.71. The van der Waals surface area contributed by atoms with Crippen molar-refractivity contribution in [2.75, 3.05) is 18.1 Å². The molecule has 0 aliphatic carbocycles. The van der Waals surface area contributed by atoms with E-state index in [1.807, 2.05) is 35.8 Å². The van der Waals surface area contributed by atoms with Crippen molar-refractivity contribution in [3.05, 3.63) is 54.5 Å². The van der Waals surface area contributed by atoms with E-state index in [9.17, 15) is 13.2 Å². The molecule has 7 nitrogen and oxygen atoms in total. The minimum Gasteiger partial charge on any atom is -0.335 e. The number of pyridine rings is 1. The lowest BCUT2D eigenvalue weighted by Gasteiger charge is -2.27. The summed E-state index contributed by atoms with van der Waals surface area (Å²) in [5.41, 5.74) is 2.23. The van der Waals surface area contributed by atoms with Crippen LogP contribution in [0.5, 0.6) is 0 Å². The standard InChI is InChI=1S/C20H24N4O3S/c1-4-23(15(3)13-28(26,27)5-2)20(25)16-10-11-19(21-12-16)24-14-22-17-8-6-7-9-18(17)24/h6-12,14-15H,4-5,13H2,1-3H3/t15-/m1/s1. The summed E-state index contributed by atoms with van der Waals surface area (Å²) in [5.74, 6) is 0.458. The predicted molar refractivity (Wildman–Crippen MR) is 109 cm³/mol. The third-order valence-electron chi connectivity index (χ3n) is 4.76. The summed E-state index contributed by atoms with van der Waals surface area (Å²) in [4.78, 5) is 23.2. The number of nitrogens with zero attached hydrogens (tertiary/aromatic N) is 4. The average molecular weight is 401 g/mol. The van der Waals surface area contributed by atoms with Crippen LogP contribution in [0.1, 0.15) is 31.1 Å². The Kier molecular flexibility index (Phi) is 5.79. The summed E-state index contributed by atoms with van der Waals surface area (Å²) >= 11 is 0. The van der Waals surface area contributed by atoms with Gasteiger partial charge in [-0.3, -0.25) is 9.36 Å². The topological polar surface area (TPSA) is 85.2 Å². The van der Waals surface area contributed by atoms with Crippen LogP contribution in [-0.4, -0.2) is 57.9 Å². The number of sulfone groups is 1. The molecule has 2 aromatic heterocycles. The van der Waals surface area contributed by atoms with Crippen LogP contribution in [0.25, 0.3) is 16.9 Å². The Bertz CT molecular complexity index is 1070. The van der Waals surface area contributed by atoms with Gasteiger partial charge < -0.3 is 4.90 Å². The smallest absolute Gasteiger partial charge is 0.255 e. The van der Waals surface area contributed by atoms with Gasteiger partial charge in [0.2, 0.25) is 0 Å². The third kappa shape index (κ3) is 4.06. The Labute approximate surface area is 164 Å². The Morgan fingerprint density at radius 3 is 2.54 bits per heavy atom. The fourth-order valence-electron chi connectivity index (χ4n) is 3.19. The minimum absolute atomic E-state index is 0.0460. The highest BCUT2D eigenvalue weighted by Crippen LogP contribution is 2.17. The summed E-state index contributed by atoms with van der Waals surface area (Å²) < 4.78 is 25.7. The molecule has 0 aliphatic rings. The van der Waals surface area contributed by atoms with Gasteiger partial charge in [0.25, 0.3) is 5.91 Å². The first-order valence-electron chi connectivity index (χ1n) is 9.26. The van der Waals surface area contributed by atoms with Crippen LogP contribution in [0.15, 0.2) is 48.9 Å². The normalized spacial score (nSPS) is 12.8. The largest absolute Gasteiger partial charge is 0.335 e. The van der Waals surface area contributed by atoms with Gasteiger partial charge in [0.1, 0.15) is 12.1 Å². The van der Waals surface area contributed by atoms with Crippen LogP contribution in [-0.2, 0) is 9.84 Å². The van der Waals surface area contributed by atoms with E-state index in [1.54, 1.807) is 37.2 Å². The van der Waals surface area contributed by atoms with E-state index >= 15 is 0 Å². The van der Waals surface area contributed by atoms with Crippen molar-refractivity contribution in [3.63, 3.8) is 0 Å². The van der Waals surface area contributed by atoms with E-state index in [4.69, 9.17) is 0 Å². The van der Waals surface area contributed by atoms with Gasteiger partial charge in [-0.2, -0.15) is 0 Å². The molecule has 28 heavy (non-hydrogen) atoms. The van der Waals surface area contributed by atoms with Crippen LogP contribution in [0, 0.1) is 0 Å². The number of carbonyl (C=O) groups is 1. The maximum atomic E-state index is 12.9. The lowest BCUT2D eigenvalue weighted by molar-refractivity contribution is 0.0718. The van der Waals surface area contributed by atoms with Gasteiger partial charge >= 0.3 is 0 Å². The van der Waals surface area contributed by atoms with Gasteiger partial charge in [-0.05, 0) is 38.1 Å². The maximum absolute atomic E-state index is 12.9. The molecule has 0 saturated carbocycles. The highest BCUT2D eigenvalue weighted by molar-refractivity contribution is 7.91. The average Bonchev–Trinajstić information content (AvgIpc) is 3.12. The zero-order chi connectivity index (χ0) is 20.3.